The first-order valence-corrected chi connectivity index (χ1v) is 6.88. The third kappa shape index (κ3) is 3.57. The van der Waals surface area contributed by atoms with Crippen molar-refractivity contribution in [2.75, 3.05) is 5.73 Å². The summed E-state index contributed by atoms with van der Waals surface area (Å²) in [4.78, 5) is 12.1. The summed E-state index contributed by atoms with van der Waals surface area (Å²) in [5.41, 5.74) is 7.22. The van der Waals surface area contributed by atoms with Crippen LogP contribution in [-0.2, 0) is 6.54 Å². The zero-order valence-electron chi connectivity index (χ0n) is 10.3. The maximum absolute atomic E-state index is 12.1. The van der Waals surface area contributed by atoms with Crippen molar-refractivity contribution in [3.8, 4) is 0 Å². The van der Waals surface area contributed by atoms with Gasteiger partial charge < -0.3 is 11.1 Å². The van der Waals surface area contributed by atoms with Crippen LogP contribution < -0.4 is 11.1 Å². The number of carbonyl (C=O) groups excluding carboxylic acids is 1. The van der Waals surface area contributed by atoms with Gasteiger partial charge in [-0.25, -0.2) is 0 Å². The highest BCUT2D eigenvalue weighted by Crippen LogP contribution is 2.28. The molecule has 3 N–H and O–H groups in total. The van der Waals surface area contributed by atoms with E-state index in [0.717, 1.165) is 5.56 Å². The highest BCUT2D eigenvalue weighted by Gasteiger charge is 2.13. The summed E-state index contributed by atoms with van der Waals surface area (Å²) in [6, 6.07) is 10.2. The highest BCUT2D eigenvalue weighted by atomic mass is 35.5. The van der Waals surface area contributed by atoms with Gasteiger partial charge in [0.1, 0.15) is 0 Å². The van der Waals surface area contributed by atoms with Gasteiger partial charge in [-0.05, 0) is 29.8 Å². The average Bonchev–Trinajstić information content (AvgIpc) is 2.42. The van der Waals surface area contributed by atoms with E-state index < -0.39 is 0 Å². The van der Waals surface area contributed by atoms with Crippen LogP contribution in [-0.4, -0.2) is 5.91 Å². The topological polar surface area (TPSA) is 55.1 Å². The minimum Gasteiger partial charge on any atom is -0.399 e. The Morgan fingerprint density at radius 3 is 2.40 bits per heavy atom. The molecule has 2 rings (SSSR count). The summed E-state index contributed by atoms with van der Waals surface area (Å²) in [6.45, 7) is 0.360. The summed E-state index contributed by atoms with van der Waals surface area (Å²) >= 11 is 17.7. The van der Waals surface area contributed by atoms with Crippen LogP contribution in [0.3, 0.4) is 0 Å². The van der Waals surface area contributed by atoms with Crippen LogP contribution >= 0.6 is 34.8 Å². The molecule has 104 valence electrons. The molecule has 0 heterocycles. The second-order valence-corrected chi connectivity index (χ2v) is 5.40. The Morgan fingerprint density at radius 1 is 1.10 bits per heavy atom. The van der Waals surface area contributed by atoms with E-state index in [1.54, 1.807) is 12.1 Å². The Morgan fingerprint density at radius 2 is 1.75 bits per heavy atom. The van der Waals surface area contributed by atoms with Gasteiger partial charge in [0.2, 0.25) is 0 Å². The highest BCUT2D eigenvalue weighted by molar-refractivity contribution is 6.44. The molecule has 0 atom stereocenters. The predicted octanol–water partition coefficient (Wildman–Crippen LogP) is 4.16. The van der Waals surface area contributed by atoms with Crippen LogP contribution in [0.25, 0.3) is 0 Å². The first-order chi connectivity index (χ1) is 9.47. The van der Waals surface area contributed by atoms with E-state index in [9.17, 15) is 4.79 Å². The van der Waals surface area contributed by atoms with Crippen LogP contribution in [0.4, 0.5) is 5.69 Å². The van der Waals surface area contributed by atoms with Crippen molar-refractivity contribution < 1.29 is 4.79 Å². The SMILES string of the molecule is Nc1cc(Cl)c(Cl)c(C(=O)NCc2ccc(Cl)cc2)c1. The van der Waals surface area contributed by atoms with Gasteiger partial charge in [0.15, 0.2) is 0 Å². The lowest BCUT2D eigenvalue weighted by Gasteiger charge is -2.09. The predicted molar refractivity (Wildman–Crippen MR) is 83.5 cm³/mol. The number of anilines is 1. The lowest BCUT2D eigenvalue weighted by molar-refractivity contribution is 0.0951. The summed E-state index contributed by atoms with van der Waals surface area (Å²) in [5.74, 6) is -0.334. The molecular formula is C14H11Cl3N2O. The molecule has 0 aliphatic rings. The fourth-order valence-electron chi connectivity index (χ4n) is 1.66. The molecule has 0 aliphatic carbocycles. The average molecular weight is 330 g/mol. The number of carbonyl (C=O) groups is 1. The molecule has 0 spiro atoms. The monoisotopic (exact) mass is 328 g/mol. The van der Waals surface area contributed by atoms with E-state index in [1.165, 1.54) is 12.1 Å². The number of amides is 1. The Labute approximate surface area is 131 Å². The third-order valence-corrected chi connectivity index (χ3v) is 3.72. The first-order valence-electron chi connectivity index (χ1n) is 5.74. The molecule has 2 aromatic rings. The molecule has 1 amide bonds. The molecule has 3 nitrogen and oxygen atoms in total. The maximum Gasteiger partial charge on any atom is 0.253 e. The van der Waals surface area contributed by atoms with E-state index in [4.69, 9.17) is 40.5 Å². The lowest BCUT2D eigenvalue weighted by atomic mass is 10.1. The second-order valence-electron chi connectivity index (χ2n) is 4.17. The number of nitrogens with two attached hydrogens (primary N) is 1. The van der Waals surface area contributed by atoms with E-state index in [2.05, 4.69) is 5.32 Å². The molecule has 0 aliphatic heterocycles. The summed E-state index contributed by atoms with van der Waals surface area (Å²) < 4.78 is 0. The Bertz CT molecular complexity index is 642. The molecule has 0 radical (unpaired) electrons. The standard InChI is InChI=1S/C14H11Cl3N2O/c15-9-3-1-8(2-4-9)7-19-14(20)11-5-10(18)6-12(16)13(11)17/h1-6H,7,18H2,(H,19,20). The zero-order valence-corrected chi connectivity index (χ0v) is 12.6. The Kier molecular flexibility index (Phi) is 4.76. The van der Waals surface area contributed by atoms with Crippen molar-refractivity contribution in [2.45, 2.75) is 6.54 Å². The Hall–Kier alpha value is -1.42. The molecule has 0 saturated heterocycles. The van der Waals surface area contributed by atoms with Gasteiger partial charge in [-0.1, -0.05) is 46.9 Å². The quantitative estimate of drug-likeness (QED) is 0.831. The van der Waals surface area contributed by atoms with Crippen molar-refractivity contribution >= 4 is 46.4 Å². The van der Waals surface area contributed by atoms with Gasteiger partial charge in [0.05, 0.1) is 15.6 Å². The summed E-state index contributed by atoms with van der Waals surface area (Å²) in [6.07, 6.45) is 0. The van der Waals surface area contributed by atoms with Crippen molar-refractivity contribution in [3.63, 3.8) is 0 Å². The number of rotatable bonds is 3. The number of nitrogens with one attached hydrogen (secondary N) is 1. The van der Waals surface area contributed by atoms with Crippen LogP contribution in [0.5, 0.6) is 0 Å². The smallest absolute Gasteiger partial charge is 0.253 e. The number of nitrogen functional groups attached to an aromatic ring is 1. The lowest BCUT2D eigenvalue weighted by Crippen LogP contribution is -2.23. The van der Waals surface area contributed by atoms with Crippen LogP contribution in [0.1, 0.15) is 15.9 Å². The van der Waals surface area contributed by atoms with Gasteiger partial charge >= 0.3 is 0 Å². The van der Waals surface area contributed by atoms with Crippen LogP contribution in [0, 0.1) is 0 Å². The van der Waals surface area contributed by atoms with Crippen molar-refractivity contribution in [2.24, 2.45) is 0 Å². The summed E-state index contributed by atoms with van der Waals surface area (Å²) in [5, 5.41) is 3.84. The number of benzene rings is 2. The minimum atomic E-state index is -0.334. The first kappa shape index (κ1) is 15.0. The van der Waals surface area contributed by atoms with E-state index in [1.807, 2.05) is 12.1 Å². The van der Waals surface area contributed by atoms with Gasteiger partial charge in [-0.3, -0.25) is 4.79 Å². The normalized spacial score (nSPS) is 10.3. The molecule has 0 bridgehead atoms. The molecule has 0 saturated carbocycles. The van der Waals surface area contributed by atoms with Crippen molar-refractivity contribution in [1.82, 2.24) is 5.32 Å². The second kappa shape index (κ2) is 6.35. The van der Waals surface area contributed by atoms with Gasteiger partial charge in [0.25, 0.3) is 5.91 Å². The molecule has 0 unspecified atom stereocenters. The molecular weight excluding hydrogens is 319 g/mol. The number of halogens is 3. The molecule has 2 aromatic carbocycles. The van der Waals surface area contributed by atoms with E-state index in [-0.39, 0.29) is 21.5 Å². The van der Waals surface area contributed by atoms with Crippen LogP contribution in [0.15, 0.2) is 36.4 Å². The fourth-order valence-corrected chi connectivity index (χ4v) is 2.20. The zero-order chi connectivity index (χ0) is 14.7. The molecule has 6 heteroatoms. The van der Waals surface area contributed by atoms with Crippen molar-refractivity contribution in [3.05, 3.63) is 62.6 Å². The molecule has 0 aromatic heterocycles. The van der Waals surface area contributed by atoms with Gasteiger partial charge in [-0.15, -0.1) is 0 Å². The maximum atomic E-state index is 12.1. The summed E-state index contributed by atoms with van der Waals surface area (Å²) in [7, 11) is 0. The molecule has 0 fully saturated rings. The Balaban J connectivity index is 2.11. The third-order valence-electron chi connectivity index (χ3n) is 2.66. The van der Waals surface area contributed by atoms with Crippen molar-refractivity contribution in [1.29, 1.82) is 0 Å². The fraction of sp³-hybridized carbons (Fsp3) is 0.0714. The van der Waals surface area contributed by atoms with Crippen LogP contribution in [0.2, 0.25) is 15.1 Å². The largest absolute Gasteiger partial charge is 0.399 e. The van der Waals surface area contributed by atoms with E-state index >= 15 is 0 Å². The van der Waals surface area contributed by atoms with Gasteiger partial charge in [0, 0.05) is 17.3 Å². The minimum absolute atomic E-state index is 0.189. The number of hydrogen-bond acceptors (Lipinski definition) is 2. The van der Waals surface area contributed by atoms with E-state index in [0.29, 0.717) is 17.3 Å². The molecule has 20 heavy (non-hydrogen) atoms. The number of hydrogen-bond donors (Lipinski definition) is 2. The van der Waals surface area contributed by atoms with Gasteiger partial charge in [-0.2, -0.15) is 0 Å².